The summed E-state index contributed by atoms with van der Waals surface area (Å²) >= 11 is 6.22. The number of nitrogens with one attached hydrogen (secondary N) is 1. The predicted molar refractivity (Wildman–Crippen MR) is 125 cm³/mol. The zero-order valence-corrected chi connectivity index (χ0v) is 18.7. The molecule has 0 radical (unpaired) electrons. The van der Waals surface area contributed by atoms with Crippen LogP contribution in [0.25, 0.3) is 0 Å². The highest BCUT2D eigenvalue weighted by atomic mass is 35.5. The number of carbonyl (C=O) groups excluding carboxylic acids is 1. The average Bonchev–Trinajstić information content (AvgIpc) is 2.79. The number of carbonyl (C=O) groups is 1. The molecule has 32 heavy (non-hydrogen) atoms. The Bertz CT molecular complexity index is 1230. The van der Waals surface area contributed by atoms with Crippen LogP contribution >= 0.6 is 11.6 Å². The van der Waals surface area contributed by atoms with Gasteiger partial charge in [-0.25, -0.2) is 12.8 Å². The first-order valence-corrected chi connectivity index (χ1v) is 11.7. The first-order valence-electron chi connectivity index (χ1n) is 9.84. The van der Waals surface area contributed by atoms with Crippen LogP contribution in [0.2, 0.25) is 5.02 Å². The number of anilines is 1. The number of para-hydroxylation sites is 1. The number of halogens is 2. The van der Waals surface area contributed by atoms with Crippen molar-refractivity contribution in [2.45, 2.75) is 11.3 Å². The van der Waals surface area contributed by atoms with Crippen LogP contribution in [-0.2, 0) is 16.4 Å². The largest absolute Gasteiger partial charge is 0.352 e. The Hall–Kier alpha value is -3.16. The molecule has 0 unspecified atom stereocenters. The van der Waals surface area contributed by atoms with E-state index < -0.39 is 15.9 Å². The van der Waals surface area contributed by atoms with Crippen molar-refractivity contribution in [1.29, 1.82) is 0 Å². The summed E-state index contributed by atoms with van der Waals surface area (Å²) in [7, 11) is -4.02. The van der Waals surface area contributed by atoms with Crippen molar-refractivity contribution in [3.8, 4) is 0 Å². The monoisotopic (exact) mass is 472 g/mol. The van der Waals surface area contributed by atoms with Crippen molar-refractivity contribution in [3.63, 3.8) is 0 Å². The third-order valence-corrected chi connectivity index (χ3v) is 6.83. The maximum Gasteiger partial charge on any atom is 0.264 e. The molecule has 1 amide bonds. The van der Waals surface area contributed by atoms with Gasteiger partial charge in [0.05, 0.1) is 22.2 Å². The van der Waals surface area contributed by atoms with E-state index in [2.05, 4.69) is 11.9 Å². The highest BCUT2D eigenvalue weighted by Crippen LogP contribution is 2.30. The van der Waals surface area contributed by atoms with E-state index in [0.717, 1.165) is 4.31 Å². The summed E-state index contributed by atoms with van der Waals surface area (Å²) in [6.07, 6.45) is 1.77. The summed E-state index contributed by atoms with van der Waals surface area (Å²) in [5.74, 6) is -0.789. The second-order valence-corrected chi connectivity index (χ2v) is 9.17. The van der Waals surface area contributed by atoms with Gasteiger partial charge in [0.15, 0.2) is 0 Å². The van der Waals surface area contributed by atoms with Gasteiger partial charge in [0.2, 0.25) is 0 Å². The van der Waals surface area contributed by atoms with Gasteiger partial charge < -0.3 is 5.32 Å². The number of rotatable bonds is 9. The van der Waals surface area contributed by atoms with E-state index in [0.29, 0.717) is 17.7 Å². The first-order chi connectivity index (χ1) is 15.3. The Labute approximate surface area is 192 Å². The van der Waals surface area contributed by atoms with Crippen molar-refractivity contribution >= 4 is 33.2 Å². The van der Waals surface area contributed by atoms with E-state index in [1.54, 1.807) is 42.5 Å². The number of sulfonamides is 1. The summed E-state index contributed by atoms with van der Waals surface area (Å²) in [6, 6.07) is 18.7. The molecule has 0 aliphatic heterocycles. The van der Waals surface area contributed by atoms with Crippen LogP contribution in [0.1, 0.15) is 15.9 Å². The lowest BCUT2D eigenvalue weighted by atomic mass is 10.1. The molecule has 0 fully saturated rings. The van der Waals surface area contributed by atoms with Crippen LogP contribution in [0.5, 0.6) is 0 Å². The van der Waals surface area contributed by atoms with E-state index in [4.69, 9.17) is 11.6 Å². The molecule has 3 rings (SSSR count). The summed E-state index contributed by atoms with van der Waals surface area (Å²) in [4.78, 5) is 12.5. The summed E-state index contributed by atoms with van der Waals surface area (Å²) in [6.45, 7) is 3.85. The van der Waals surface area contributed by atoms with Gasteiger partial charge in [0, 0.05) is 12.1 Å². The molecule has 8 heteroatoms. The molecular weight excluding hydrogens is 451 g/mol. The minimum atomic E-state index is -4.02. The molecule has 3 aromatic rings. The third-order valence-electron chi connectivity index (χ3n) is 4.74. The SMILES string of the molecule is C=CCN(c1ccccc1Cl)S(=O)(=O)c1cccc(C(=O)NCCc2ccccc2F)c1. The topological polar surface area (TPSA) is 66.5 Å². The molecule has 0 spiro atoms. The second kappa shape index (κ2) is 10.4. The molecular formula is C24H22ClFN2O3S. The molecule has 0 saturated heterocycles. The van der Waals surface area contributed by atoms with E-state index >= 15 is 0 Å². The lowest BCUT2D eigenvalue weighted by molar-refractivity contribution is 0.0954. The summed E-state index contributed by atoms with van der Waals surface area (Å²) < 4.78 is 41.5. The Morgan fingerprint density at radius 2 is 1.78 bits per heavy atom. The molecule has 0 saturated carbocycles. The Morgan fingerprint density at radius 1 is 1.06 bits per heavy atom. The van der Waals surface area contributed by atoms with E-state index in [1.807, 2.05) is 0 Å². The van der Waals surface area contributed by atoms with Crippen LogP contribution < -0.4 is 9.62 Å². The Kier molecular flexibility index (Phi) is 7.66. The van der Waals surface area contributed by atoms with Gasteiger partial charge in [0.1, 0.15) is 5.82 Å². The van der Waals surface area contributed by atoms with Crippen molar-refractivity contribution < 1.29 is 17.6 Å². The third kappa shape index (κ3) is 5.36. The van der Waals surface area contributed by atoms with Gasteiger partial charge in [-0.3, -0.25) is 9.10 Å². The van der Waals surface area contributed by atoms with Crippen LogP contribution in [0.4, 0.5) is 10.1 Å². The molecule has 0 heterocycles. The van der Waals surface area contributed by atoms with E-state index in [1.165, 1.54) is 36.4 Å². The molecule has 3 aromatic carbocycles. The number of hydrogen-bond donors (Lipinski definition) is 1. The van der Waals surface area contributed by atoms with Gasteiger partial charge in [-0.2, -0.15) is 0 Å². The van der Waals surface area contributed by atoms with Crippen LogP contribution in [0.15, 0.2) is 90.3 Å². The maximum absolute atomic E-state index is 13.7. The zero-order chi connectivity index (χ0) is 23.1. The number of amides is 1. The summed E-state index contributed by atoms with van der Waals surface area (Å²) in [5, 5.41) is 2.97. The van der Waals surface area contributed by atoms with Crippen LogP contribution in [0, 0.1) is 5.82 Å². The molecule has 166 valence electrons. The quantitative estimate of drug-likeness (QED) is 0.453. The summed E-state index contributed by atoms with van der Waals surface area (Å²) in [5.41, 5.74) is 0.982. The number of nitrogens with zero attached hydrogens (tertiary/aromatic N) is 1. The number of hydrogen-bond acceptors (Lipinski definition) is 3. The molecule has 0 bridgehead atoms. The minimum Gasteiger partial charge on any atom is -0.352 e. The van der Waals surface area contributed by atoms with Gasteiger partial charge in [-0.1, -0.05) is 54.1 Å². The Morgan fingerprint density at radius 3 is 2.50 bits per heavy atom. The fraction of sp³-hybridized carbons (Fsp3) is 0.125. The molecule has 0 aromatic heterocycles. The van der Waals surface area contributed by atoms with Crippen molar-refractivity contribution in [2.24, 2.45) is 0 Å². The minimum absolute atomic E-state index is 0.00509. The fourth-order valence-electron chi connectivity index (χ4n) is 3.14. The van der Waals surface area contributed by atoms with Crippen LogP contribution in [-0.4, -0.2) is 27.4 Å². The van der Waals surface area contributed by atoms with Crippen molar-refractivity contribution in [3.05, 3.63) is 107 Å². The van der Waals surface area contributed by atoms with E-state index in [9.17, 15) is 17.6 Å². The Balaban J connectivity index is 1.80. The van der Waals surface area contributed by atoms with Crippen molar-refractivity contribution in [2.75, 3.05) is 17.4 Å². The van der Waals surface area contributed by atoms with E-state index in [-0.39, 0.29) is 34.4 Å². The highest BCUT2D eigenvalue weighted by molar-refractivity contribution is 7.92. The first kappa shape index (κ1) is 23.5. The lowest BCUT2D eigenvalue weighted by Crippen LogP contribution is -2.32. The fourth-order valence-corrected chi connectivity index (χ4v) is 4.92. The molecule has 0 aliphatic rings. The predicted octanol–water partition coefficient (Wildman–Crippen LogP) is 4.83. The second-order valence-electron chi connectivity index (χ2n) is 6.90. The average molecular weight is 473 g/mol. The standard InChI is InChI=1S/C24H22ClFN2O3S/c1-2-16-28(23-13-6-4-11-21(23)25)32(30,31)20-10-7-9-19(17-20)24(29)27-15-14-18-8-3-5-12-22(18)26/h2-13,17H,1,14-16H2,(H,27,29). The molecule has 0 atom stereocenters. The van der Waals surface area contributed by atoms with Crippen LogP contribution in [0.3, 0.4) is 0 Å². The normalized spacial score (nSPS) is 11.1. The lowest BCUT2D eigenvalue weighted by Gasteiger charge is -2.24. The molecule has 0 aliphatic carbocycles. The van der Waals surface area contributed by atoms with Gasteiger partial charge >= 0.3 is 0 Å². The van der Waals surface area contributed by atoms with Crippen molar-refractivity contribution in [1.82, 2.24) is 5.32 Å². The van der Waals surface area contributed by atoms with Gasteiger partial charge in [0.25, 0.3) is 15.9 Å². The maximum atomic E-state index is 13.7. The van der Waals surface area contributed by atoms with Gasteiger partial charge in [-0.15, -0.1) is 6.58 Å². The molecule has 5 nitrogen and oxygen atoms in total. The number of benzene rings is 3. The van der Waals surface area contributed by atoms with Gasteiger partial charge in [-0.05, 0) is 48.4 Å². The zero-order valence-electron chi connectivity index (χ0n) is 17.2. The molecule has 1 N–H and O–H groups in total. The highest BCUT2D eigenvalue weighted by Gasteiger charge is 2.26. The smallest absolute Gasteiger partial charge is 0.264 e.